The number of ether oxygens (including phenoxy) is 1. The SMILES string of the molecule is O=C(N[C@H]1CN2CCC1CC2)c1ccc(Oc2cccc(Cl)c2)o1. The summed E-state index contributed by atoms with van der Waals surface area (Å²) in [6.45, 7) is 3.23. The molecule has 1 atom stereocenters. The van der Waals surface area contributed by atoms with Gasteiger partial charge in [0.05, 0.1) is 0 Å². The van der Waals surface area contributed by atoms with Gasteiger partial charge in [0.1, 0.15) is 5.75 Å². The minimum absolute atomic E-state index is 0.185. The largest absolute Gasteiger partial charge is 0.426 e. The van der Waals surface area contributed by atoms with E-state index in [1.165, 1.54) is 0 Å². The molecule has 0 unspecified atom stereocenters. The summed E-state index contributed by atoms with van der Waals surface area (Å²) in [5, 5.41) is 3.68. The van der Waals surface area contributed by atoms with E-state index in [9.17, 15) is 4.79 Å². The van der Waals surface area contributed by atoms with Crippen LogP contribution in [-0.2, 0) is 0 Å². The molecule has 0 aliphatic carbocycles. The van der Waals surface area contributed by atoms with Crippen molar-refractivity contribution in [2.45, 2.75) is 18.9 Å². The third-order valence-electron chi connectivity index (χ3n) is 4.79. The number of hydrogen-bond acceptors (Lipinski definition) is 4. The molecule has 3 aliphatic rings. The average molecular weight is 347 g/mol. The lowest BCUT2D eigenvalue weighted by Crippen LogP contribution is -2.57. The molecule has 0 saturated carbocycles. The van der Waals surface area contributed by atoms with Crippen molar-refractivity contribution in [2.75, 3.05) is 19.6 Å². The summed E-state index contributed by atoms with van der Waals surface area (Å²) >= 11 is 5.93. The third-order valence-corrected chi connectivity index (χ3v) is 5.03. The van der Waals surface area contributed by atoms with E-state index in [1.54, 1.807) is 36.4 Å². The van der Waals surface area contributed by atoms with Gasteiger partial charge in [-0.3, -0.25) is 4.79 Å². The minimum atomic E-state index is -0.185. The number of hydrogen-bond donors (Lipinski definition) is 1. The Morgan fingerprint density at radius 3 is 2.79 bits per heavy atom. The molecule has 3 saturated heterocycles. The zero-order valence-corrected chi connectivity index (χ0v) is 14.0. The van der Waals surface area contributed by atoms with Crippen LogP contribution in [0.15, 0.2) is 40.8 Å². The average Bonchev–Trinajstić information content (AvgIpc) is 3.05. The van der Waals surface area contributed by atoms with Gasteiger partial charge in [-0.2, -0.15) is 0 Å². The Kier molecular flexibility index (Phi) is 4.21. The van der Waals surface area contributed by atoms with Crippen molar-refractivity contribution in [1.82, 2.24) is 10.2 Å². The van der Waals surface area contributed by atoms with Gasteiger partial charge in [0, 0.05) is 23.7 Å². The molecule has 5 rings (SSSR count). The molecule has 1 aromatic heterocycles. The van der Waals surface area contributed by atoms with Crippen LogP contribution in [0.25, 0.3) is 0 Å². The van der Waals surface area contributed by atoms with Gasteiger partial charge >= 0.3 is 0 Å². The molecule has 1 N–H and O–H groups in total. The van der Waals surface area contributed by atoms with Gasteiger partial charge in [-0.05, 0) is 56.1 Å². The number of piperidine rings is 3. The molecular weight excluding hydrogens is 328 g/mol. The summed E-state index contributed by atoms with van der Waals surface area (Å²) in [6.07, 6.45) is 2.32. The first-order chi connectivity index (χ1) is 11.7. The summed E-state index contributed by atoms with van der Waals surface area (Å²) in [5.41, 5.74) is 0. The van der Waals surface area contributed by atoms with Crippen LogP contribution < -0.4 is 10.1 Å². The number of carbonyl (C=O) groups excluding carboxylic acids is 1. The number of nitrogens with one attached hydrogen (secondary N) is 1. The Bertz CT molecular complexity index is 737. The van der Waals surface area contributed by atoms with E-state index >= 15 is 0 Å². The predicted octanol–water partition coefficient (Wildman–Crippen LogP) is 3.55. The maximum Gasteiger partial charge on any atom is 0.290 e. The van der Waals surface area contributed by atoms with Gasteiger partial charge < -0.3 is 19.4 Å². The number of benzene rings is 1. The van der Waals surface area contributed by atoms with Crippen LogP contribution in [0.4, 0.5) is 0 Å². The van der Waals surface area contributed by atoms with Crippen molar-refractivity contribution >= 4 is 17.5 Å². The molecular formula is C18H19ClN2O3. The molecule has 5 nitrogen and oxygen atoms in total. The maximum absolute atomic E-state index is 12.4. The molecule has 1 aromatic carbocycles. The van der Waals surface area contributed by atoms with E-state index in [2.05, 4.69) is 10.2 Å². The molecule has 3 fully saturated rings. The second kappa shape index (κ2) is 6.49. The number of nitrogens with zero attached hydrogens (tertiary/aromatic N) is 1. The summed E-state index contributed by atoms with van der Waals surface area (Å²) < 4.78 is 11.1. The Morgan fingerprint density at radius 2 is 2.08 bits per heavy atom. The standard InChI is InChI=1S/C18H19ClN2O3/c19-13-2-1-3-14(10-13)23-17-5-4-16(24-17)18(22)20-15-11-21-8-6-12(15)7-9-21/h1-5,10,12,15H,6-9,11H2,(H,20,22)/t15-/m0/s1. The molecule has 126 valence electrons. The predicted molar refractivity (Wildman–Crippen MR) is 90.7 cm³/mol. The minimum Gasteiger partial charge on any atom is -0.426 e. The highest BCUT2D eigenvalue weighted by molar-refractivity contribution is 6.30. The van der Waals surface area contributed by atoms with Crippen molar-refractivity contribution in [2.24, 2.45) is 5.92 Å². The Morgan fingerprint density at radius 1 is 1.25 bits per heavy atom. The van der Waals surface area contributed by atoms with Crippen molar-refractivity contribution in [3.63, 3.8) is 0 Å². The number of amides is 1. The highest BCUT2D eigenvalue weighted by Crippen LogP contribution is 2.29. The fraction of sp³-hybridized carbons (Fsp3) is 0.389. The molecule has 4 heterocycles. The molecule has 6 heteroatoms. The van der Waals surface area contributed by atoms with Crippen LogP contribution in [0.2, 0.25) is 5.02 Å². The van der Waals surface area contributed by atoms with E-state index in [-0.39, 0.29) is 23.7 Å². The van der Waals surface area contributed by atoms with Gasteiger partial charge in [-0.15, -0.1) is 0 Å². The lowest BCUT2D eigenvalue weighted by molar-refractivity contribution is 0.0603. The molecule has 2 bridgehead atoms. The lowest BCUT2D eigenvalue weighted by Gasteiger charge is -2.44. The van der Waals surface area contributed by atoms with Crippen LogP contribution in [0.3, 0.4) is 0 Å². The van der Waals surface area contributed by atoms with Crippen molar-refractivity contribution < 1.29 is 13.9 Å². The topological polar surface area (TPSA) is 54.7 Å². The fourth-order valence-electron chi connectivity index (χ4n) is 3.51. The van der Waals surface area contributed by atoms with Gasteiger partial charge in [0.25, 0.3) is 11.9 Å². The third kappa shape index (κ3) is 3.28. The number of rotatable bonds is 4. The van der Waals surface area contributed by atoms with E-state index in [0.29, 0.717) is 16.7 Å². The first kappa shape index (κ1) is 15.5. The molecule has 0 radical (unpaired) electrons. The smallest absolute Gasteiger partial charge is 0.290 e. The molecule has 24 heavy (non-hydrogen) atoms. The van der Waals surface area contributed by atoms with Gasteiger partial charge in [-0.25, -0.2) is 0 Å². The van der Waals surface area contributed by atoms with E-state index in [1.807, 2.05) is 0 Å². The molecule has 1 amide bonds. The number of carbonyl (C=O) groups is 1. The molecule has 0 spiro atoms. The number of halogens is 1. The van der Waals surface area contributed by atoms with Crippen LogP contribution in [0.1, 0.15) is 23.4 Å². The molecule has 2 aromatic rings. The Labute approximate surface area is 145 Å². The highest BCUT2D eigenvalue weighted by Gasteiger charge is 2.35. The monoisotopic (exact) mass is 346 g/mol. The zero-order chi connectivity index (χ0) is 16.5. The quantitative estimate of drug-likeness (QED) is 0.919. The van der Waals surface area contributed by atoms with Crippen molar-refractivity contribution in [1.29, 1.82) is 0 Å². The second-order valence-electron chi connectivity index (χ2n) is 6.40. The summed E-state index contributed by atoms with van der Waals surface area (Å²) in [6, 6.07) is 10.5. The fourth-order valence-corrected chi connectivity index (χ4v) is 3.69. The maximum atomic E-state index is 12.4. The summed E-state index contributed by atoms with van der Waals surface area (Å²) in [4.78, 5) is 14.8. The normalized spacial score (nSPS) is 25.5. The van der Waals surface area contributed by atoms with E-state index in [0.717, 1.165) is 32.5 Å². The lowest BCUT2D eigenvalue weighted by atomic mass is 9.84. The Hall–Kier alpha value is -1.98. The van der Waals surface area contributed by atoms with E-state index in [4.69, 9.17) is 20.8 Å². The van der Waals surface area contributed by atoms with Crippen LogP contribution in [0, 0.1) is 5.92 Å². The second-order valence-corrected chi connectivity index (χ2v) is 6.83. The van der Waals surface area contributed by atoms with Crippen LogP contribution in [0.5, 0.6) is 11.7 Å². The summed E-state index contributed by atoms with van der Waals surface area (Å²) in [5.74, 6) is 1.51. The first-order valence-electron chi connectivity index (χ1n) is 8.24. The van der Waals surface area contributed by atoms with E-state index < -0.39 is 0 Å². The summed E-state index contributed by atoms with van der Waals surface area (Å²) in [7, 11) is 0. The van der Waals surface area contributed by atoms with Crippen molar-refractivity contribution in [3.05, 3.63) is 47.2 Å². The van der Waals surface area contributed by atoms with Gasteiger partial charge in [0.15, 0.2) is 5.76 Å². The zero-order valence-electron chi connectivity index (χ0n) is 13.2. The van der Waals surface area contributed by atoms with Crippen LogP contribution in [-0.4, -0.2) is 36.5 Å². The molecule has 3 aliphatic heterocycles. The van der Waals surface area contributed by atoms with Gasteiger partial charge in [-0.1, -0.05) is 17.7 Å². The highest BCUT2D eigenvalue weighted by atomic mass is 35.5. The Balaban J connectivity index is 1.40. The van der Waals surface area contributed by atoms with Gasteiger partial charge in [0.2, 0.25) is 0 Å². The number of furan rings is 1. The number of fused-ring (bicyclic) bond motifs is 3. The van der Waals surface area contributed by atoms with Crippen LogP contribution >= 0.6 is 11.6 Å². The van der Waals surface area contributed by atoms with Crippen molar-refractivity contribution in [3.8, 4) is 11.7 Å². The first-order valence-corrected chi connectivity index (χ1v) is 8.62.